The van der Waals surface area contributed by atoms with E-state index >= 15 is 0 Å². The molecule has 1 rings (SSSR count). The Balaban J connectivity index is 0.00000400. The lowest BCUT2D eigenvalue weighted by Gasteiger charge is -2.20. The summed E-state index contributed by atoms with van der Waals surface area (Å²) in [5.74, 6) is 1.84. The number of nitrogens with zero attached hydrogens (tertiary/aromatic N) is 2. The smallest absolute Gasteiger partial charge is 0.191 e. The van der Waals surface area contributed by atoms with Gasteiger partial charge >= 0.3 is 0 Å². The first-order valence-electron chi connectivity index (χ1n) is 7.49. The van der Waals surface area contributed by atoms with Gasteiger partial charge in [-0.3, -0.25) is 4.99 Å². The summed E-state index contributed by atoms with van der Waals surface area (Å²) in [5.41, 5.74) is 0. The molecule has 0 saturated carbocycles. The van der Waals surface area contributed by atoms with Crippen molar-refractivity contribution in [3.8, 4) is 0 Å². The van der Waals surface area contributed by atoms with Gasteiger partial charge in [0.05, 0.1) is 6.26 Å². The Hall–Kier alpha value is -0.760. The fourth-order valence-corrected chi connectivity index (χ4v) is 2.06. The topological polar surface area (TPSA) is 52.8 Å². The van der Waals surface area contributed by atoms with Crippen molar-refractivity contribution in [1.29, 1.82) is 0 Å². The lowest BCUT2D eigenvalue weighted by atomic mass is 10.3. The van der Waals surface area contributed by atoms with Gasteiger partial charge in [0, 0.05) is 33.1 Å². The molecule has 1 aromatic heterocycles. The van der Waals surface area contributed by atoms with E-state index in [9.17, 15) is 0 Å². The number of nitrogens with one attached hydrogen (secondary N) is 2. The maximum Gasteiger partial charge on any atom is 0.191 e. The summed E-state index contributed by atoms with van der Waals surface area (Å²) in [5, 5.41) is 6.63. The highest BCUT2D eigenvalue weighted by atomic mass is 127. The number of hydrogen-bond donors (Lipinski definition) is 2. The van der Waals surface area contributed by atoms with E-state index < -0.39 is 0 Å². The Bertz CT molecular complexity index is 368. The van der Waals surface area contributed by atoms with Gasteiger partial charge < -0.3 is 20.0 Å². The van der Waals surface area contributed by atoms with Gasteiger partial charge in [-0.1, -0.05) is 13.8 Å². The molecule has 0 amide bonds. The Morgan fingerprint density at radius 2 is 2.00 bits per heavy atom. The van der Waals surface area contributed by atoms with Crippen LogP contribution in [-0.4, -0.2) is 50.6 Å². The number of halogens is 1. The molecule has 21 heavy (non-hydrogen) atoms. The number of hydrogen-bond acceptors (Lipinski definition) is 3. The Morgan fingerprint density at radius 3 is 2.57 bits per heavy atom. The van der Waals surface area contributed by atoms with Crippen LogP contribution in [0.1, 0.15) is 26.0 Å². The second kappa shape index (κ2) is 12.9. The molecule has 0 atom stereocenters. The molecule has 0 unspecified atom stereocenters. The van der Waals surface area contributed by atoms with Crippen molar-refractivity contribution in [2.24, 2.45) is 4.99 Å². The molecule has 0 saturated heterocycles. The first-order valence-corrected chi connectivity index (χ1v) is 7.49. The van der Waals surface area contributed by atoms with Crippen LogP contribution in [0.15, 0.2) is 27.8 Å². The Kier molecular flexibility index (Phi) is 12.5. The van der Waals surface area contributed by atoms with Crippen LogP contribution in [0.4, 0.5) is 0 Å². The van der Waals surface area contributed by atoms with Crippen LogP contribution in [-0.2, 0) is 6.42 Å². The second-order valence-corrected chi connectivity index (χ2v) is 4.69. The highest BCUT2D eigenvalue weighted by molar-refractivity contribution is 14.0. The predicted octanol–water partition coefficient (Wildman–Crippen LogP) is 2.34. The monoisotopic (exact) mass is 408 g/mol. The standard InChI is InChI=1S/C15H28N4O.HI/c1-4-11-19(5-2)12-10-18-15(16-3)17-9-8-14-7-6-13-20-14;/h6-7,13H,4-5,8-12H2,1-3H3,(H2,16,17,18);1H. The molecule has 0 aliphatic carbocycles. The second-order valence-electron chi connectivity index (χ2n) is 4.69. The van der Waals surface area contributed by atoms with E-state index in [1.165, 1.54) is 6.42 Å². The molecule has 0 aliphatic heterocycles. The molecule has 5 nitrogen and oxygen atoms in total. The van der Waals surface area contributed by atoms with Gasteiger partial charge in [0.2, 0.25) is 0 Å². The van der Waals surface area contributed by atoms with Gasteiger partial charge in [-0.05, 0) is 31.6 Å². The maximum atomic E-state index is 5.30. The van der Waals surface area contributed by atoms with Gasteiger partial charge in [-0.25, -0.2) is 0 Å². The Labute approximate surface area is 145 Å². The van der Waals surface area contributed by atoms with Crippen molar-refractivity contribution in [2.45, 2.75) is 26.7 Å². The zero-order valence-electron chi connectivity index (χ0n) is 13.4. The van der Waals surface area contributed by atoms with E-state index in [0.29, 0.717) is 0 Å². The predicted molar refractivity (Wildman–Crippen MR) is 99.6 cm³/mol. The van der Waals surface area contributed by atoms with Gasteiger partial charge in [0.1, 0.15) is 5.76 Å². The molecule has 0 radical (unpaired) electrons. The third-order valence-electron chi connectivity index (χ3n) is 3.18. The molecule has 1 aromatic rings. The number of aliphatic imine (C=N–C) groups is 1. The molecule has 0 aromatic carbocycles. The van der Waals surface area contributed by atoms with Crippen molar-refractivity contribution in [2.75, 3.05) is 39.8 Å². The van der Waals surface area contributed by atoms with Gasteiger partial charge in [0.15, 0.2) is 5.96 Å². The van der Waals surface area contributed by atoms with Gasteiger partial charge in [0.25, 0.3) is 0 Å². The van der Waals surface area contributed by atoms with Crippen molar-refractivity contribution in [1.82, 2.24) is 15.5 Å². The number of rotatable bonds is 9. The zero-order chi connectivity index (χ0) is 14.6. The number of furan rings is 1. The van der Waals surface area contributed by atoms with E-state index in [2.05, 4.69) is 34.4 Å². The minimum absolute atomic E-state index is 0. The van der Waals surface area contributed by atoms with E-state index in [0.717, 1.165) is 50.9 Å². The highest BCUT2D eigenvalue weighted by Gasteiger charge is 2.02. The maximum absolute atomic E-state index is 5.30. The Morgan fingerprint density at radius 1 is 1.24 bits per heavy atom. The number of likely N-dealkylation sites (N-methyl/N-ethyl adjacent to an activating group) is 1. The van der Waals surface area contributed by atoms with Crippen LogP contribution >= 0.6 is 24.0 Å². The average molecular weight is 408 g/mol. The summed E-state index contributed by atoms with van der Waals surface area (Å²) in [6, 6.07) is 3.90. The fraction of sp³-hybridized carbons (Fsp3) is 0.667. The van der Waals surface area contributed by atoms with E-state index in [4.69, 9.17) is 4.42 Å². The minimum atomic E-state index is 0. The summed E-state index contributed by atoms with van der Waals surface area (Å²) >= 11 is 0. The molecule has 0 spiro atoms. The fourth-order valence-electron chi connectivity index (χ4n) is 2.06. The van der Waals surface area contributed by atoms with Crippen molar-refractivity contribution in [3.63, 3.8) is 0 Å². The summed E-state index contributed by atoms with van der Waals surface area (Å²) in [4.78, 5) is 6.65. The zero-order valence-corrected chi connectivity index (χ0v) is 15.7. The molecule has 2 N–H and O–H groups in total. The average Bonchev–Trinajstić information content (AvgIpc) is 2.97. The molecule has 0 aliphatic rings. The molecule has 1 heterocycles. The van der Waals surface area contributed by atoms with Crippen LogP contribution in [0.5, 0.6) is 0 Å². The molecular formula is C15H29IN4O. The third kappa shape index (κ3) is 8.98. The van der Waals surface area contributed by atoms with E-state index in [-0.39, 0.29) is 24.0 Å². The summed E-state index contributed by atoms with van der Waals surface area (Å²) < 4.78 is 5.30. The van der Waals surface area contributed by atoms with Crippen LogP contribution in [0.2, 0.25) is 0 Å². The van der Waals surface area contributed by atoms with Gasteiger partial charge in [-0.15, -0.1) is 24.0 Å². The van der Waals surface area contributed by atoms with Crippen LogP contribution in [0.3, 0.4) is 0 Å². The van der Waals surface area contributed by atoms with Crippen LogP contribution in [0, 0.1) is 0 Å². The van der Waals surface area contributed by atoms with Crippen LogP contribution in [0.25, 0.3) is 0 Å². The third-order valence-corrected chi connectivity index (χ3v) is 3.18. The molecule has 122 valence electrons. The van der Waals surface area contributed by atoms with Crippen molar-refractivity contribution < 1.29 is 4.42 Å². The normalized spacial score (nSPS) is 11.3. The SMILES string of the molecule is CCCN(CC)CCNC(=NC)NCCc1ccco1.I. The van der Waals surface area contributed by atoms with E-state index in [1.54, 1.807) is 13.3 Å². The van der Waals surface area contributed by atoms with Gasteiger partial charge in [-0.2, -0.15) is 0 Å². The van der Waals surface area contributed by atoms with Crippen molar-refractivity contribution in [3.05, 3.63) is 24.2 Å². The minimum Gasteiger partial charge on any atom is -0.469 e. The quantitative estimate of drug-likeness (QED) is 0.374. The first-order chi connectivity index (χ1) is 9.80. The lowest BCUT2D eigenvalue weighted by Crippen LogP contribution is -2.42. The first kappa shape index (κ1) is 20.2. The molecule has 6 heteroatoms. The summed E-state index contributed by atoms with van der Waals surface area (Å²) in [7, 11) is 1.80. The highest BCUT2D eigenvalue weighted by Crippen LogP contribution is 1.99. The largest absolute Gasteiger partial charge is 0.469 e. The summed E-state index contributed by atoms with van der Waals surface area (Å²) in [6.45, 7) is 9.44. The lowest BCUT2D eigenvalue weighted by molar-refractivity contribution is 0.293. The molecule has 0 bridgehead atoms. The number of guanidine groups is 1. The molecule has 0 fully saturated rings. The van der Waals surface area contributed by atoms with Crippen molar-refractivity contribution >= 4 is 29.9 Å². The van der Waals surface area contributed by atoms with E-state index in [1.807, 2.05) is 12.1 Å². The molecular weight excluding hydrogens is 379 g/mol. The summed E-state index contributed by atoms with van der Waals surface area (Å²) in [6.07, 6.45) is 3.77. The van der Waals surface area contributed by atoms with Crippen LogP contribution < -0.4 is 10.6 Å².